The van der Waals surface area contributed by atoms with Gasteiger partial charge in [0.2, 0.25) is 0 Å². The van der Waals surface area contributed by atoms with Crippen LogP contribution in [0.3, 0.4) is 0 Å². The summed E-state index contributed by atoms with van der Waals surface area (Å²) in [6.07, 6.45) is 1.67. The summed E-state index contributed by atoms with van der Waals surface area (Å²) in [6.45, 7) is 0.439. The van der Waals surface area contributed by atoms with Crippen LogP contribution in [0.1, 0.15) is 16.8 Å². The standard InChI is InChI=1S/C12H12ClN5O3/c13-8-3-6(7(14)4-15-8)9(19)18-2-1-12(5-18)10(20)16-11(21)17-12/h3-4H,1-2,5,14H2,(H2,16,17,20,21). The number of anilines is 1. The Bertz CT molecular complexity index is 664. The highest BCUT2D eigenvalue weighted by molar-refractivity contribution is 6.29. The monoisotopic (exact) mass is 309 g/mol. The minimum atomic E-state index is -1.04. The van der Waals surface area contributed by atoms with Crippen molar-refractivity contribution < 1.29 is 14.4 Å². The molecule has 0 radical (unpaired) electrons. The molecule has 0 bridgehead atoms. The van der Waals surface area contributed by atoms with Gasteiger partial charge in [0.1, 0.15) is 10.7 Å². The number of nitrogens with two attached hydrogens (primary N) is 1. The van der Waals surface area contributed by atoms with E-state index in [1.807, 2.05) is 0 Å². The molecule has 2 aliphatic rings. The van der Waals surface area contributed by atoms with Crippen LogP contribution >= 0.6 is 11.6 Å². The maximum Gasteiger partial charge on any atom is 0.322 e. The van der Waals surface area contributed by atoms with Crippen LogP contribution in [0.5, 0.6) is 0 Å². The number of rotatable bonds is 1. The average Bonchev–Trinajstić information content (AvgIpc) is 2.97. The van der Waals surface area contributed by atoms with E-state index in [4.69, 9.17) is 17.3 Å². The van der Waals surface area contributed by atoms with Crippen molar-refractivity contribution >= 4 is 35.1 Å². The smallest absolute Gasteiger partial charge is 0.322 e. The fraction of sp³-hybridized carbons (Fsp3) is 0.333. The molecule has 0 saturated carbocycles. The molecule has 2 saturated heterocycles. The second-order valence-corrected chi connectivity index (χ2v) is 5.45. The Morgan fingerprint density at radius 3 is 2.90 bits per heavy atom. The minimum absolute atomic E-state index is 0.1000. The second-order valence-electron chi connectivity index (χ2n) is 5.06. The summed E-state index contributed by atoms with van der Waals surface area (Å²) in [5.41, 5.74) is 5.14. The molecule has 9 heteroatoms. The molecule has 2 fully saturated rings. The quantitative estimate of drug-likeness (QED) is 0.488. The molecule has 0 aromatic carbocycles. The Hall–Kier alpha value is -2.35. The number of nitrogens with zero attached hydrogens (tertiary/aromatic N) is 2. The van der Waals surface area contributed by atoms with Gasteiger partial charge >= 0.3 is 6.03 Å². The van der Waals surface area contributed by atoms with Crippen molar-refractivity contribution in [2.45, 2.75) is 12.0 Å². The first-order valence-corrected chi connectivity index (χ1v) is 6.63. The number of hydrogen-bond acceptors (Lipinski definition) is 5. The van der Waals surface area contributed by atoms with Crippen molar-refractivity contribution in [3.05, 3.63) is 23.0 Å². The molecule has 3 rings (SSSR count). The first-order valence-electron chi connectivity index (χ1n) is 6.25. The van der Waals surface area contributed by atoms with E-state index in [0.717, 1.165) is 0 Å². The highest BCUT2D eigenvalue weighted by atomic mass is 35.5. The zero-order valence-corrected chi connectivity index (χ0v) is 11.6. The van der Waals surface area contributed by atoms with Crippen LogP contribution in [-0.2, 0) is 4.79 Å². The van der Waals surface area contributed by atoms with Crippen molar-refractivity contribution in [3.63, 3.8) is 0 Å². The van der Waals surface area contributed by atoms with E-state index >= 15 is 0 Å². The van der Waals surface area contributed by atoms with Gasteiger partial charge < -0.3 is 16.0 Å². The molecule has 4 amide bonds. The second kappa shape index (κ2) is 4.59. The van der Waals surface area contributed by atoms with Gasteiger partial charge in [0, 0.05) is 6.54 Å². The normalized spacial score (nSPS) is 24.3. The van der Waals surface area contributed by atoms with Gasteiger partial charge in [-0.05, 0) is 12.5 Å². The number of urea groups is 1. The lowest BCUT2D eigenvalue weighted by Gasteiger charge is -2.21. The summed E-state index contributed by atoms with van der Waals surface area (Å²) in [5, 5.41) is 4.93. The fourth-order valence-electron chi connectivity index (χ4n) is 2.59. The van der Waals surface area contributed by atoms with Crippen LogP contribution < -0.4 is 16.4 Å². The van der Waals surface area contributed by atoms with Gasteiger partial charge in [-0.2, -0.15) is 0 Å². The lowest BCUT2D eigenvalue weighted by Crippen LogP contribution is -2.49. The number of amides is 4. The highest BCUT2D eigenvalue weighted by Crippen LogP contribution is 2.27. The molecule has 4 N–H and O–H groups in total. The van der Waals surface area contributed by atoms with Crippen LogP contribution in [-0.4, -0.2) is 46.4 Å². The Balaban J connectivity index is 1.83. The van der Waals surface area contributed by atoms with Crippen LogP contribution in [0.2, 0.25) is 5.15 Å². The van der Waals surface area contributed by atoms with Crippen LogP contribution in [0.4, 0.5) is 10.5 Å². The summed E-state index contributed by atoms with van der Waals surface area (Å²) in [7, 11) is 0. The molecule has 110 valence electrons. The average molecular weight is 310 g/mol. The summed E-state index contributed by atoms with van der Waals surface area (Å²) in [5.74, 6) is -0.758. The highest BCUT2D eigenvalue weighted by Gasteiger charge is 2.51. The molecule has 0 aliphatic carbocycles. The van der Waals surface area contributed by atoms with Crippen molar-refractivity contribution in [2.75, 3.05) is 18.8 Å². The topological polar surface area (TPSA) is 117 Å². The Labute approximate surface area is 124 Å². The lowest BCUT2D eigenvalue weighted by molar-refractivity contribution is -0.123. The summed E-state index contributed by atoms with van der Waals surface area (Å²) in [4.78, 5) is 40.8. The number of nitrogens with one attached hydrogen (secondary N) is 2. The number of likely N-dealkylation sites (tertiary alicyclic amines) is 1. The molecular weight excluding hydrogens is 298 g/mol. The number of hydrogen-bond donors (Lipinski definition) is 3. The Morgan fingerprint density at radius 1 is 1.48 bits per heavy atom. The number of aromatic nitrogens is 1. The molecule has 1 spiro atoms. The van der Waals surface area contributed by atoms with Gasteiger partial charge in [-0.3, -0.25) is 14.9 Å². The molecule has 1 aromatic heterocycles. The van der Waals surface area contributed by atoms with Crippen LogP contribution in [0.15, 0.2) is 12.3 Å². The molecule has 1 aromatic rings. The Morgan fingerprint density at radius 2 is 2.24 bits per heavy atom. The number of halogens is 1. The SMILES string of the molecule is Nc1cnc(Cl)cc1C(=O)N1CCC2(C1)NC(=O)NC2=O. The first-order chi connectivity index (χ1) is 9.91. The summed E-state index contributed by atoms with van der Waals surface area (Å²) < 4.78 is 0. The summed E-state index contributed by atoms with van der Waals surface area (Å²) >= 11 is 5.77. The molecule has 21 heavy (non-hydrogen) atoms. The van der Waals surface area contributed by atoms with E-state index in [9.17, 15) is 14.4 Å². The van der Waals surface area contributed by atoms with Crippen LogP contribution in [0.25, 0.3) is 0 Å². The number of pyridine rings is 1. The van der Waals surface area contributed by atoms with E-state index in [1.165, 1.54) is 17.2 Å². The summed E-state index contributed by atoms with van der Waals surface area (Å²) in [6, 6.07) is 0.845. The third-order valence-electron chi connectivity index (χ3n) is 3.70. The first kappa shape index (κ1) is 13.6. The lowest BCUT2D eigenvalue weighted by atomic mass is 9.99. The van der Waals surface area contributed by atoms with E-state index in [2.05, 4.69) is 15.6 Å². The number of imide groups is 1. The van der Waals surface area contributed by atoms with Crippen molar-refractivity contribution in [3.8, 4) is 0 Å². The van der Waals surface area contributed by atoms with E-state index < -0.39 is 17.5 Å². The molecule has 2 aliphatic heterocycles. The molecule has 1 atom stereocenters. The van der Waals surface area contributed by atoms with Crippen LogP contribution in [0, 0.1) is 0 Å². The van der Waals surface area contributed by atoms with E-state index in [0.29, 0.717) is 13.0 Å². The number of carbonyl (C=O) groups is 3. The Kier molecular flexibility index (Phi) is 2.98. The van der Waals surface area contributed by atoms with Crippen molar-refractivity contribution in [2.24, 2.45) is 0 Å². The number of nitrogen functional groups attached to an aromatic ring is 1. The van der Waals surface area contributed by atoms with Gasteiger partial charge in [-0.25, -0.2) is 9.78 Å². The molecular formula is C12H12ClN5O3. The van der Waals surface area contributed by atoms with Gasteiger partial charge in [-0.1, -0.05) is 11.6 Å². The van der Waals surface area contributed by atoms with Crippen molar-refractivity contribution in [1.29, 1.82) is 0 Å². The number of carbonyl (C=O) groups excluding carboxylic acids is 3. The third kappa shape index (κ3) is 2.17. The predicted octanol–water partition coefficient (Wildman–Crippen LogP) is -0.259. The predicted molar refractivity (Wildman–Crippen MR) is 73.6 cm³/mol. The maximum absolute atomic E-state index is 12.5. The van der Waals surface area contributed by atoms with E-state index in [-0.39, 0.29) is 28.9 Å². The van der Waals surface area contributed by atoms with Gasteiger partial charge in [0.25, 0.3) is 11.8 Å². The van der Waals surface area contributed by atoms with Crippen molar-refractivity contribution in [1.82, 2.24) is 20.5 Å². The van der Waals surface area contributed by atoms with Gasteiger partial charge in [-0.15, -0.1) is 0 Å². The van der Waals surface area contributed by atoms with E-state index in [1.54, 1.807) is 0 Å². The zero-order chi connectivity index (χ0) is 15.2. The third-order valence-corrected chi connectivity index (χ3v) is 3.91. The zero-order valence-electron chi connectivity index (χ0n) is 10.9. The van der Waals surface area contributed by atoms with Gasteiger partial charge in [0.15, 0.2) is 0 Å². The minimum Gasteiger partial charge on any atom is -0.397 e. The largest absolute Gasteiger partial charge is 0.397 e. The maximum atomic E-state index is 12.5. The molecule has 3 heterocycles. The molecule has 1 unspecified atom stereocenters. The fourth-order valence-corrected chi connectivity index (χ4v) is 2.75. The molecule has 8 nitrogen and oxygen atoms in total. The van der Waals surface area contributed by atoms with Gasteiger partial charge in [0.05, 0.1) is 24.0 Å².